The van der Waals surface area contributed by atoms with Crippen LogP contribution < -0.4 is 0 Å². The summed E-state index contributed by atoms with van der Waals surface area (Å²) in [7, 11) is -9.51. The number of aliphatic carboxylic acids is 2. The van der Waals surface area contributed by atoms with Gasteiger partial charge in [-0.25, -0.2) is 0 Å². The Morgan fingerprint density at radius 1 is 1.00 bits per heavy atom. The van der Waals surface area contributed by atoms with E-state index in [2.05, 4.69) is 13.8 Å². The zero-order valence-corrected chi connectivity index (χ0v) is 18.5. The van der Waals surface area contributed by atoms with Gasteiger partial charge in [-0.2, -0.15) is 16.8 Å². The summed E-state index contributed by atoms with van der Waals surface area (Å²) in [4.78, 5) is 20.0. The number of unbranched alkanes of at least 4 members (excludes halogenated alkanes) is 1. The average Bonchev–Trinajstić information content (AvgIpc) is 2.43. The molecule has 0 fully saturated rings. The molecule has 0 radical (unpaired) electrons. The van der Waals surface area contributed by atoms with E-state index in [0.717, 1.165) is 5.92 Å². The van der Waals surface area contributed by atoms with E-state index in [0.29, 0.717) is 0 Å². The molecule has 5 N–H and O–H groups in total. The molecule has 2 atom stereocenters. The van der Waals surface area contributed by atoms with Crippen LogP contribution in [0.5, 0.6) is 0 Å². The van der Waals surface area contributed by atoms with Crippen LogP contribution in [0.4, 0.5) is 0 Å². The van der Waals surface area contributed by atoms with Gasteiger partial charge in [0.15, 0.2) is 5.25 Å². The fraction of sp³-hybridized carbons (Fsp3) is 0.833. The monoisotopic (exact) mass is 456 g/mol. The van der Waals surface area contributed by atoms with Crippen molar-refractivity contribution in [2.45, 2.75) is 54.9 Å². The Bertz CT molecular complexity index is 593. The number of carboxylic acids is 2. The van der Waals surface area contributed by atoms with Crippen LogP contribution in [0.15, 0.2) is 0 Å². The van der Waals surface area contributed by atoms with E-state index in [9.17, 15) is 18.0 Å². The Morgan fingerprint density at radius 2 is 1.41 bits per heavy atom. The summed E-state index contributed by atoms with van der Waals surface area (Å²) in [5.74, 6) is -2.43. The summed E-state index contributed by atoms with van der Waals surface area (Å²) in [5.41, 5.74) is 0. The first-order chi connectivity index (χ1) is 11.6. The van der Waals surface area contributed by atoms with E-state index in [-0.39, 0.29) is 29.6 Å². The average molecular weight is 456 g/mol. The number of hydrogen-bond acceptors (Lipinski definition) is 6. The maximum atomic E-state index is 10.2. The van der Waals surface area contributed by atoms with E-state index in [1.807, 2.05) is 0 Å². The normalized spacial score (nSPS) is 12.9. The fourth-order valence-corrected chi connectivity index (χ4v) is 3.26. The second-order valence-corrected chi connectivity index (χ2v) is 8.52. The first kappa shape index (κ1) is 35.2. The third kappa shape index (κ3) is 31.6. The van der Waals surface area contributed by atoms with Crippen LogP contribution in [0.3, 0.4) is 0 Å². The van der Waals surface area contributed by atoms with Gasteiger partial charge in [0.2, 0.25) is 0 Å². The molecule has 15 heteroatoms. The van der Waals surface area contributed by atoms with E-state index in [4.69, 9.17) is 32.3 Å². The van der Waals surface area contributed by atoms with Gasteiger partial charge in [0, 0.05) is 0 Å². The second-order valence-electron chi connectivity index (χ2n) is 5.21. The van der Waals surface area contributed by atoms with Gasteiger partial charge in [-0.15, -0.1) is 0 Å². The third-order valence-corrected chi connectivity index (χ3v) is 5.36. The van der Waals surface area contributed by atoms with E-state index in [1.54, 1.807) is 0 Å². The molecule has 0 aliphatic rings. The molecule has 0 heterocycles. The maximum absolute atomic E-state index is 10.2. The first-order valence-electron chi connectivity index (χ1n) is 7.70. The van der Waals surface area contributed by atoms with Gasteiger partial charge in [0.25, 0.3) is 10.1 Å². The van der Waals surface area contributed by atoms with Gasteiger partial charge in [-0.05, 0) is 0 Å². The van der Waals surface area contributed by atoms with Crippen LogP contribution in [-0.2, 0) is 30.1 Å². The molecule has 2 unspecified atom stereocenters. The summed E-state index contributed by atoms with van der Waals surface area (Å²) in [5, 5.41) is 13.9. The molecule has 0 rings (SSSR count). The van der Waals surface area contributed by atoms with Crippen molar-refractivity contribution in [1.29, 1.82) is 0 Å². The standard InChI is InChI=1S/C8H17.C4H6O7S.2Na.H2O4S.H/c1-4-6-7-8(3)5-2;5-3(6)1-2(4(7)8)12(9,10)11;;;1-5(2,3)4;/h8H,3-7H2,1-2H3;2H,1H2,(H,5,6)(H,7,8)(H,9,10,11);;;(H2,1,2,3,4);. The quantitative estimate of drug-likeness (QED) is 0.235. The van der Waals surface area contributed by atoms with E-state index in [1.165, 1.54) is 57.3 Å². The van der Waals surface area contributed by atoms with Gasteiger partial charge in [0.1, 0.15) is 0 Å². The number of rotatable bonds is 9. The molecule has 0 spiro atoms. The van der Waals surface area contributed by atoms with Crippen molar-refractivity contribution in [2.75, 3.05) is 0 Å². The van der Waals surface area contributed by atoms with E-state index >= 15 is 0 Å². The fourth-order valence-electron chi connectivity index (χ4n) is 1.67. The van der Waals surface area contributed by atoms with Gasteiger partial charge in [-0.1, -0.05) is 0 Å². The van der Waals surface area contributed by atoms with Gasteiger partial charge >= 0.3 is 129 Å². The number of carbonyl (C=O) groups is 2. The Balaban J connectivity index is -0.000000156. The molecule has 11 nitrogen and oxygen atoms in total. The SMILES string of the molecule is CCCCC(CC)[CH2][Na].O=C(O)CC(C(=O)O)S(=O)(=O)O.O=S(=O)(O)O.[NaH]. The Morgan fingerprint density at radius 3 is 1.56 bits per heavy atom. The molecule has 0 amide bonds. The van der Waals surface area contributed by atoms with Crippen LogP contribution in [-0.4, -0.2) is 115 Å². The summed E-state index contributed by atoms with van der Waals surface area (Å²) >= 11 is 1.40. The number of carboxylic acid groups (broad SMARTS) is 2. The van der Waals surface area contributed by atoms with Crippen LogP contribution in [0.1, 0.15) is 46.0 Å². The molecule has 27 heavy (non-hydrogen) atoms. The molecule has 0 aromatic carbocycles. The van der Waals surface area contributed by atoms with Crippen LogP contribution in [0.25, 0.3) is 0 Å². The van der Waals surface area contributed by atoms with Crippen molar-refractivity contribution in [2.24, 2.45) is 5.92 Å². The van der Waals surface area contributed by atoms with Crippen molar-refractivity contribution < 1.29 is 50.3 Å². The van der Waals surface area contributed by atoms with Crippen molar-refractivity contribution >= 4 is 89.9 Å². The topological polar surface area (TPSA) is 204 Å². The zero-order chi connectivity index (χ0) is 21.6. The molecule has 154 valence electrons. The zero-order valence-electron chi connectivity index (χ0n) is 14.9. The predicted octanol–water partition coefficient (Wildman–Crippen LogP) is 0.290. The molecular formula is C12H26Na2O11S2. The van der Waals surface area contributed by atoms with Crippen molar-refractivity contribution in [1.82, 2.24) is 0 Å². The van der Waals surface area contributed by atoms with Crippen LogP contribution >= 0.6 is 0 Å². The van der Waals surface area contributed by atoms with Crippen molar-refractivity contribution in [3.05, 3.63) is 0 Å². The van der Waals surface area contributed by atoms with Crippen LogP contribution in [0.2, 0.25) is 3.67 Å². The summed E-state index contributed by atoms with van der Waals surface area (Å²) in [6, 6.07) is 0. The molecule has 0 aliphatic heterocycles. The second kappa shape index (κ2) is 18.7. The van der Waals surface area contributed by atoms with Gasteiger partial charge in [0.05, 0.1) is 6.42 Å². The number of hydrogen-bond donors (Lipinski definition) is 5. The first-order valence-corrected chi connectivity index (χ1v) is 12.0. The predicted molar refractivity (Wildman–Crippen MR) is 100 cm³/mol. The molecule has 0 aliphatic carbocycles. The van der Waals surface area contributed by atoms with Gasteiger partial charge in [-0.3, -0.25) is 23.2 Å². The third-order valence-electron chi connectivity index (χ3n) is 3.12. The minimum absolute atomic E-state index is 0. The summed E-state index contributed by atoms with van der Waals surface area (Å²) in [6.45, 7) is 4.60. The molecule has 0 saturated heterocycles. The molecular weight excluding hydrogens is 430 g/mol. The molecule has 0 aromatic heterocycles. The van der Waals surface area contributed by atoms with E-state index < -0.39 is 44.1 Å². The van der Waals surface area contributed by atoms with Crippen molar-refractivity contribution in [3.8, 4) is 0 Å². The van der Waals surface area contributed by atoms with Crippen LogP contribution in [0, 0.1) is 5.92 Å². The summed E-state index contributed by atoms with van der Waals surface area (Å²) < 4.78 is 61.8. The van der Waals surface area contributed by atoms with Gasteiger partial charge < -0.3 is 10.2 Å². The Labute approximate surface area is 199 Å². The Kier molecular flexibility index (Phi) is 24.4. The molecule has 0 bridgehead atoms. The summed E-state index contributed by atoms with van der Waals surface area (Å²) in [6.07, 6.45) is 4.55. The molecule has 0 saturated carbocycles. The Hall–Kier alpha value is 0.720. The van der Waals surface area contributed by atoms with Crippen molar-refractivity contribution in [3.63, 3.8) is 0 Å². The molecule has 0 aromatic rings. The minimum atomic E-state index is -4.84.